The average molecular weight is 358 g/mol. The van der Waals surface area contributed by atoms with Crippen molar-refractivity contribution in [3.05, 3.63) is 42.5 Å². The lowest BCUT2D eigenvalue weighted by Crippen LogP contribution is -2.56. The molecule has 0 radical (unpaired) electrons. The first-order chi connectivity index (χ1) is 12.4. The molecule has 2 aliphatic heterocycles. The zero-order valence-corrected chi connectivity index (χ0v) is 14.4. The summed E-state index contributed by atoms with van der Waals surface area (Å²) in [6.45, 7) is 4.76. The van der Waals surface area contributed by atoms with E-state index >= 15 is 0 Å². The van der Waals surface area contributed by atoms with E-state index in [1.807, 2.05) is 0 Å². The van der Waals surface area contributed by atoms with Crippen molar-refractivity contribution in [2.75, 3.05) is 19.7 Å². The third kappa shape index (κ3) is 3.42. The summed E-state index contributed by atoms with van der Waals surface area (Å²) in [6.07, 6.45) is 2.52. The molecule has 1 unspecified atom stereocenters. The quantitative estimate of drug-likeness (QED) is 0.777. The molecule has 0 bridgehead atoms. The summed E-state index contributed by atoms with van der Waals surface area (Å²) in [5, 5.41) is 12.3. The lowest BCUT2D eigenvalue weighted by molar-refractivity contribution is -0.144. The molecule has 0 aromatic heterocycles. The molecule has 7 nitrogen and oxygen atoms in total. The zero-order chi connectivity index (χ0) is 18.7. The number of piperidine rings is 1. The van der Waals surface area contributed by atoms with Gasteiger partial charge in [0, 0.05) is 25.1 Å². The number of rotatable bonds is 5. The van der Waals surface area contributed by atoms with Crippen molar-refractivity contribution >= 4 is 17.8 Å². The molecule has 2 fully saturated rings. The van der Waals surface area contributed by atoms with Crippen LogP contribution in [-0.2, 0) is 9.59 Å². The first-order valence-electron chi connectivity index (χ1n) is 8.62. The van der Waals surface area contributed by atoms with Crippen molar-refractivity contribution in [2.24, 2.45) is 5.92 Å². The summed E-state index contributed by atoms with van der Waals surface area (Å²) in [5.41, 5.74) is -0.220. The molecule has 1 atom stereocenters. The molecule has 2 saturated heterocycles. The number of benzene rings is 1. The van der Waals surface area contributed by atoms with E-state index in [9.17, 15) is 19.5 Å². The molecular weight excluding hydrogens is 336 g/mol. The van der Waals surface area contributed by atoms with Gasteiger partial charge in [-0.3, -0.25) is 14.4 Å². The van der Waals surface area contributed by atoms with Gasteiger partial charge < -0.3 is 20.1 Å². The molecule has 1 aromatic carbocycles. The van der Waals surface area contributed by atoms with Crippen molar-refractivity contribution in [3.8, 4) is 5.75 Å². The Kier molecular flexibility index (Phi) is 4.97. The van der Waals surface area contributed by atoms with Gasteiger partial charge in [0.2, 0.25) is 5.91 Å². The number of nitrogens with zero attached hydrogens (tertiary/aromatic N) is 1. The van der Waals surface area contributed by atoms with Crippen LogP contribution in [0.2, 0.25) is 0 Å². The first kappa shape index (κ1) is 18.0. The Morgan fingerprint density at radius 1 is 1.38 bits per heavy atom. The fourth-order valence-corrected chi connectivity index (χ4v) is 3.76. The zero-order valence-electron chi connectivity index (χ0n) is 14.4. The topological polar surface area (TPSA) is 95.9 Å². The normalized spacial score (nSPS) is 21.3. The molecule has 2 N–H and O–H groups in total. The Morgan fingerprint density at radius 3 is 2.77 bits per heavy atom. The predicted octanol–water partition coefficient (Wildman–Crippen LogP) is 1.45. The smallest absolute Gasteiger partial charge is 0.309 e. The number of hydrogen-bond acceptors (Lipinski definition) is 4. The van der Waals surface area contributed by atoms with E-state index in [0.717, 1.165) is 0 Å². The van der Waals surface area contributed by atoms with Crippen molar-refractivity contribution in [3.63, 3.8) is 0 Å². The Bertz CT molecular complexity index is 737. The van der Waals surface area contributed by atoms with Crippen LogP contribution < -0.4 is 10.1 Å². The Hall–Kier alpha value is -2.83. The summed E-state index contributed by atoms with van der Waals surface area (Å²) in [6, 6.07) is 6.95. The van der Waals surface area contributed by atoms with Crippen LogP contribution in [0.3, 0.4) is 0 Å². The molecule has 2 aliphatic rings. The van der Waals surface area contributed by atoms with Crippen LogP contribution in [0.15, 0.2) is 36.9 Å². The third-order valence-corrected chi connectivity index (χ3v) is 5.13. The largest absolute Gasteiger partial charge is 0.490 e. The van der Waals surface area contributed by atoms with Gasteiger partial charge in [0.1, 0.15) is 12.4 Å². The molecule has 1 spiro atoms. The number of likely N-dealkylation sites (tertiary alicyclic amines) is 1. The summed E-state index contributed by atoms with van der Waals surface area (Å²) >= 11 is 0. The fourth-order valence-electron chi connectivity index (χ4n) is 3.76. The van der Waals surface area contributed by atoms with E-state index in [0.29, 0.717) is 43.9 Å². The molecule has 2 heterocycles. The van der Waals surface area contributed by atoms with Gasteiger partial charge in [0.05, 0.1) is 11.5 Å². The van der Waals surface area contributed by atoms with E-state index in [2.05, 4.69) is 11.9 Å². The lowest BCUT2D eigenvalue weighted by Gasteiger charge is -2.41. The lowest BCUT2D eigenvalue weighted by atomic mass is 9.77. The van der Waals surface area contributed by atoms with E-state index in [4.69, 9.17) is 4.74 Å². The van der Waals surface area contributed by atoms with Crippen LogP contribution in [0, 0.1) is 5.92 Å². The summed E-state index contributed by atoms with van der Waals surface area (Å²) in [7, 11) is 0. The van der Waals surface area contributed by atoms with Gasteiger partial charge in [-0.15, -0.1) is 0 Å². The maximum absolute atomic E-state index is 12.8. The summed E-state index contributed by atoms with van der Waals surface area (Å²) in [5.74, 6) is -1.46. The second-order valence-corrected chi connectivity index (χ2v) is 6.72. The number of carbonyl (C=O) groups is 3. The van der Waals surface area contributed by atoms with E-state index in [-0.39, 0.29) is 18.2 Å². The molecule has 2 amide bonds. The van der Waals surface area contributed by atoms with Gasteiger partial charge in [-0.25, -0.2) is 0 Å². The highest BCUT2D eigenvalue weighted by Crippen LogP contribution is 2.37. The molecule has 138 valence electrons. The monoisotopic (exact) mass is 358 g/mol. The van der Waals surface area contributed by atoms with Crippen LogP contribution in [0.5, 0.6) is 5.75 Å². The number of aliphatic carboxylic acids is 1. The van der Waals surface area contributed by atoms with E-state index in [1.54, 1.807) is 35.2 Å². The highest BCUT2D eigenvalue weighted by atomic mass is 16.5. The van der Waals surface area contributed by atoms with Crippen LogP contribution in [-0.4, -0.2) is 53.0 Å². The third-order valence-electron chi connectivity index (χ3n) is 5.13. The Morgan fingerprint density at radius 2 is 2.12 bits per heavy atom. The van der Waals surface area contributed by atoms with Crippen molar-refractivity contribution in [2.45, 2.75) is 24.8 Å². The van der Waals surface area contributed by atoms with Crippen LogP contribution in [0.1, 0.15) is 29.6 Å². The summed E-state index contributed by atoms with van der Waals surface area (Å²) in [4.78, 5) is 37.7. The molecule has 3 rings (SSSR count). The Labute approximate surface area is 151 Å². The molecule has 26 heavy (non-hydrogen) atoms. The minimum absolute atomic E-state index is 0.00592. The van der Waals surface area contributed by atoms with Gasteiger partial charge in [0.25, 0.3) is 5.91 Å². The van der Waals surface area contributed by atoms with Crippen molar-refractivity contribution < 1.29 is 24.2 Å². The number of carboxylic acid groups (broad SMARTS) is 1. The molecule has 7 heteroatoms. The van der Waals surface area contributed by atoms with Gasteiger partial charge >= 0.3 is 5.97 Å². The molecular formula is C19H22N2O5. The second-order valence-electron chi connectivity index (χ2n) is 6.72. The number of hydrogen-bond donors (Lipinski definition) is 2. The van der Waals surface area contributed by atoms with E-state index in [1.165, 1.54) is 0 Å². The maximum Gasteiger partial charge on any atom is 0.309 e. The van der Waals surface area contributed by atoms with Gasteiger partial charge in [-0.1, -0.05) is 18.7 Å². The molecule has 1 aromatic rings. The first-order valence-corrected chi connectivity index (χ1v) is 8.62. The standard InChI is InChI=1S/C19H22N2O5/c1-2-10-26-14-5-3-4-13(11-14)17(23)21-8-6-19(7-9-21)15(18(24)25)12-16(22)20-19/h2-5,11,15H,1,6-10,12H2,(H,20,22)(H,24,25). The summed E-state index contributed by atoms with van der Waals surface area (Å²) < 4.78 is 5.46. The predicted molar refractivity (Wildman–Crippen MR) is 93.9 cm³/mol. The number of carbonyl (C=O) groups excluding carboxylic acids is 2. The maximum atomic E-state index is 12.8. The number of nitrogens with one attached hydrogen (secondary N) is 1. The average Bonchev–Trinajstić information content (AvgIpc) is 2.96. The van der Waals surface area contributed by atoms with Crippen molar-refractivity contribution in [1.82, 2.24) is 10.2 Å². The highest BCUT2D eigenvalue weighted by molar-refractivity contribution is 5.95. The molecule has 0 aliphatic carbocycles. The van der Waals surface area contributed by atoms with E-state index < -0.39 is 17.4 Å². The Balaban J connectivity index is 1.68. The van der Waals surface area contributed by atoms with Crippen LogP contribution in [0.25, 0.3) is 0 Å². The minimum atomic E-state index is -0.963. The number of ether oxygens (including phenoxy) is 1. The van der Waals surface area contributed by atoms with Gasteiger partial charge in [-0.05, 0) is 31.0 Å². The van der Waals surface area contributed by atoms with Gasteiger partial charge in [-0.2, -0.15) is 0 Å². The number of amides is 2. The number of carboxylic acids is 1. The fraction of sp³-hybridized carbons (Fsp3) is 0.421. The molecule has 0 saturated carbocycles. The second kappa shape index (κ2) is 7.19. The van der Waals surface area contributed by atoms with Crippen LogP contribution in [0.4, 0.5) is 0 Å². The minimum Gasteiger partial charge on any atom is -0.490 e. The van der Waals surface area contributed by atoms with Crippen molar-refractivity contribution in [1.29, 1.82) is 0 Å². The van der Waals surface area contributed by atoms with Crippen LogP contribution >= 0.6 is 0 Å². The SMILES string of the molecule is C=CCOc1cccc(C(=O)N2CCC3(CC2)NC(=O)CC3C(=O)O)c1. The highest BCUT2D eigenvalue weighted by Gasteiger charge is 2.52. The van der Waals surface area contributed by atoms with Gasteiger partial charge in [0.15, 0.2) is 0 Å².